The Morgan fingerprint density at radius 2 is 2.06 bits per heavy atom. The molecule has 1 aromatic heterocycles. The molecule has 0 saturated carbocycles. The summed E-state index contributed by atoms with van der Waals surface area (Å²) in [6.07, 6.45) is 3.55. The molecule has 0 unspecified atom stereocenters. The molecule has 0 saturated heterocycles. The molecule has 0 aliphatic rings. The van der Waals surface area contributed by atoms with E-state index in [0.717, 1.165) is 16.8 Å². The molecule has 5 heteroatoms. The van der Waals surface area contributed by atoms with Crippen molar-refractivity contribution in [1.82, 2.24) is 10.2 Å². The van der Waals surface area contributed by atoms with Gasteiger partial charge in [-0.05, 0) is 17.7 Å². The molecule has 16 heavy (non-hydrogen) atoms. The number of nitrogens with zero attached hydrogens (tertiary/aromatic N) is 1. The third kappa shape index (κ3) is 2.41. The molecule has 0 aliphatic heterocycles. The zero-order valence-corrected chi connectivity index (χ0v) is 9.16. The van der Waals surface area contributed by atoms with Gasteiger partial charge in [-0.3, -0.25) is 9.89 Å². The fraction of sp³-hybridized carbons (Fsp3) is 0.0909. The summed E-state index contributed by atoms with van der Waals surface area (Å²) in [5.41, 5.74) is 2.78. The van der Waals surface area contributed by atoms with Gasteiger partial charge >= 0.3 is 0 Å². The zero-order valence-electron chi connectivity index (χ0n) is 8.40. The van der Waals surface area contributed by atoms with E-state index in [0.29, 0.717) is 0 Å². The van der Waals surface area contributed by atoms with Crippen molar-refractivity contribution in [2.45, 2.75) is 0 Å². The minimum atomic E-state index is -0.210. The molecule has 0 fully saturated rings. The number of amides is 1. The number of hydrogen-bond donors (Lipinski definition) is 2. The van der Waals surface area contributed by atoms with Gasteiger partial charge in [0.1, 0.15) is 5.88 Å². The number of carbonyl (C=O) groups is 1. The number of anilines is 1. The molecule has 0 spiro atoms. The first-order valence-corrected chi connectivity index (χ1v) is 5.28. The number of nitrogens with one attached hydrogen (secondary N) is 2. The molecular weight excluding hydrogens is 226 g/mol. The molecule has 1 amide bonds. The first kappa shape index (κ1) is 10.7. The molecule has 1 aromatic carbocycles. The maximum atomic E-state index is 11.0. The fourth-order valence-electron chi connectivity index (χ4n) is 1.35. The fourth-order valence-corrected chi connectivity index (χ4v) is 1.42. The summed E-state index contributed by atoms with van der Waals surface area (Å²) in [5, 5.41) is 9.29. The van der Waals surface area contributed by atoms with Crippen LogP contribution in [0, 0.1) is 0 Å². The van der Waals surface area contributed by atoms with Gasteiger partial charge in [-0.2, -0.15) is 5.10 Å². The number of hydrogen-bond acceptors (Lipinski definition) is 2. The normalized spacial score (nSPS) is 10.1. The average molecular weight is 236 g/mol. The van der Waals surface area contributed by atoms with Crippen molar-refractivity contribution in [3.8, 4) is 11.1 Å². The number of aromatic nitrogens is 2. The van der Waals surface area contributed by atoms with Crippen LogP contribution in [-0.4, -0.2) is 22.0 Å². The highest BCUT2D eigenvalue weighted by Crippen LogP contribution is 2.19. The summed E-state index contributed by atoms with van der Waals surface area (Å²) < 4.78 is 0. The van der Waals surface area contributed by atoms with E-state index in [2.05, 4.69) is 15.5 Å². The molecule has 0 radical (unpaired) electrons. The van der Waals surface area contributed by atoms with Gasteiger partial charge in [-0.15, -0.1) is 11.6 Å². The van der Waals surface area contributed by atoms with Crippen LogP contribution in [0.2, 0.25) is 0 Å². The van der Waals surface area contributed by atoms with Crippen LogP contribution < -0.4 is 5.32 Å². The molecule has 2 rings (SSSR count). The van der Waals surface area contributed by atoms with Crippen LogP contribution in [0.15, 0.2) is 36.7 Å². The lowest BCUT2D eigenvalue weighted by atomic mass is 10.1. The number of rotatable bonds is 3. The monoisotopic (exact) mass is 235 g/mol. The topological polar surface area (TPSA) is 57.8 Å². The standard InChI is InChI=1S/C11H10ClN3O/c12-5-11(16)15-10-3-1-8(2-4-10)9-6-13-14-7-9/h1-4,6-7H,5H2,(H,13,14)(H,15,16). The van der Waals surface area contributed by atoms with Gasteiger partial charge in [0.2, 0.25) is 5.91 Å². The van der Waals surface area contributed by atoms with E-state index in [1.807, 2.05) is 30.5 Å². The Labute approximate surface area is 97.6 Å². The van der Waals surface area contributed by atoms with Crippen LogP contribution in [0.25, 0.3) is 11.1 Å². The summed E-state index contributed by atoms with van der Waals surface area (Å²) in [6, 6.07) is 7.48. The third-order valence-electron chi connectivity index (χ3n) is 2.12. The lowest BCUT2D eigenvalue weighted by Gasteiger charge is -2.03. The molecule has 0 bridgehead atoms. The number of halogens is 1. The van der Waals surface area contributed by atoms with Gasteiger partial charge in [0.25, 0.3) is 0 Å². The van der Waals surface area contributed by atoms with E-state index >= 15 is 0 Å². The Kier molecular flexibility index (Phi) is 3.22. The predicted molar refractivity (Wildman–Crippen MR) is 63.4 cm³/mol. The SMILES string of the molecule is O=C(CCl)Nc1ccc(-c2cn[nH]c2)cc1. The van der Waals surface area contributed by atoms with E-state index in [9.17, 15) is 4.79 Å². The number of carbonyl (C=O) groups excluding carboxylic acids is 1. The minimum absolute atomic E-state index is 0.0382. The molecule has 4 nitrogen and oxygen atoms in total. The van der Waals surface area contributed by atoms with Gasteiger partial charge in [0.05, 0.1) is 6.20 Å². The summed E-state index contributed by atoms with van der Waals surface area (Å²) in [7, 11) is 0. The second kappa shape index (κ2) is 4.81. The first-order valence-electron chi connectivity index (χ1n) is 4.74. The maximum absolute atomic E-state index is 11.0. The number of benzene rings is 1. The molecule has 2 aromatic rings. The van der Waals surface area contributed by atoms with E-state index in [1.54, 1.807) is 6.20 Å². The quantitative estimate of drug-likeness (QED) is 0.802. The third-order valence-corrected chi connectivity index (χ3v) is 2.36. The van der Waals surface area contributed by atoms with Crippen LogP contribution in [-0.2, 0) is 4.79 Å². The van der Waals surface area contributed by atoms with Crippen LogP contribution in [0.4, 0.5) is 5.69 Å². The van der Waals surface area contributed by atoms with Crippen molar-refractivity contribution in [2.24, 2.45) is 0 Å². The number of alkyl halides is 1. The van der Waals surface area contributed by atoms with Crippen molar-refractivity contribution in [3.05, 3.63) is 36.7 Å². The summed E-state index contributed by atoms with van der Waals surface area (Å²) in [4.78, 5) is 11.0. The smallest absolute Gasteiger partial charge is 0.239 e. The highest BCUT2D eigenvalue weighted by atomic mass is 35.5. The van der Waals surface area contributed by atoms with E-state index in [1.165, 1.54) is 0 Å². The summed E-state index contributed by atoms with van der Waals surface area (Å²) in [5.74, 6) is -0.249. The Morgan fingerprint density at radius 3 is 2.62 bits per heavy atom. The van der Waals surface area contributed by atoms with Crippen LogP contribution in [0.3, 0.4) is 0 Å². The minimum Gasteiger partial charge on any atom is -0.325 e. The van der Waals surface area contributed by atoms with Crippen LogP contribution in [0.5, 0.6) is 0 Å². The van der Waals surface area contributed by atoms with E-state index < -0.39 is 0 Å². The Bertz CT molecular complexity index is 464. The second-order valence-electron chi connectivity index (χ2n) is 3.25. The predicted octanol–water partition coefficient (Wildman–Crippen LogP) is 2.25. The second-order valence-corrected chi connectivity index (χ2v) is 3.51. The molecule has 0 atom stereocenters. The van der Waals surface area contributed by atoms with Crippen molar-refractivity contribution >= 4 is 23.2 Å². The lowest BCUT2D eigenvalue weighted by Crippen LogP contribution is -2.12. The maximum Gasteiger partial charge on any atom is 0.239 e. The highest BCUT2D eigenvalue weighted by molar-refractivity contribution is 6.29. The van der Waals surface area contributed by atoms with Gasteiger partial charge in [-0.1, -0.05) is 12.1 Å². The highest BCUT2D eigenvalue weighted by Gasteiger charge is 2.01. The van der Waals surface area contributed by atoms with Crippen LogP contribution >= 0.6 is 11.6 Å². The molecular formula is C11H10ClN3O. The average Bonchev–Trinajstić information content (AvgIpc) is 2.83. The van der Waals surface area contributed by atoms with Crippen molar-refractivity contribution in [2.75, 3.05) is 11.2 Å². The number of H-pyrrole nitrogens is 1. The molecule has 0 aliphatic carbocycles. The number of aromatic amines is 1. The summed E-state index contributed by atoms with van der Waals surface area (Å²) >= 11 is 5.39. The Hall–Kier alpha value is -1.81. The Balaban J connectivity index is 2.14. The largest absolute Gasteiger partial charge is 0.325 e. The van der Waals surface area contributed by atoms with Crippen molar-refractivity contribution in [3.63, 3.8) is 0 Å². The Morgan fingerprint density at radius 1 is 1.31 bits per heavy atom. The van der Waals surface area contributed by atoms with Gasteiger partial charge in [0, 0.05) is 17.4 Å². The van der Waals surface area contributed by atoms with Gasteiger partial charge in [-0.25, -0.2) is 0 Å². The van der Waals surface area contributed by atoms with Crippen LogP contribution in [0.1, 0.15) is 0 Å². The van der Waals surface area contributed by atoms with E-state index in [-0.39, 0.29) is 11.8 Å². The first-order chi connectivity index (χ1) is 7.79. The molecule has 1 heterocycles. The summed E-state index contributed by atoms with van der Waals surface area (Å²) in [6.45, 7) is 0. The van der Waals surface area contributed by atoms with E-state index in [4.69, 9.17) is 11.6 Å². The van der Waals surface area contributed by atoms with Crippen molar-refractivity contribution in [1.29, 1.82) is 0 Å². The van der Waals surface area contributed by atoms with Crippen molar-refractivity contribution < 1.29 is 4.79 Å². The van der Waals surface area contributed by atoms with Gasteiger partial charge in [0.15, 0.2) is 0 Å². The zero-order chi connectivity index (χ0) is 11.4. The molecule has 82 valence electrons. The molecule has 2 N–H and O–H groups in total. The lowest BCUT2D eigenvalue weighted by molar-refractivity contribution is -0.113. The van der Waals surface area contributed by atoms with Gasteiger partial charge < -0.3 is 5.32 Å².